The number of aryl methyl sites for hydroxylation is 1. The van der Waals surface area contributed by atoms with Gasteiger partial charge in [-0.25, -0.2) is 0 Å². The predicted octanol–water partition coefficient (Wildman–Crippen LogP) is 4.66. The van der Waals surface area contributed by atoms with Crippen LogP contribution in [0.4, 0.5) is 5.69 Å². The molecule has 0 aromatic heterocycles. The lowest BCUT2D eigenvalue weighted by Gasteiger charge is -2.20. The van der Waals surface area contributed by atoms with E-state index in [9.17, 15) is 9.59 Å². The van der Waals surface area contributed by atoms with E-state index in [1.54, 1.807) is 31.2 Å². The zero-order valence-corrected chi connectivity index (χ0v) is 17.3. The zero-order chi connectivity index (χ0) is 20.7. The molecule has 5 nitrogen and oxygen atoms in total. The molecule has 0 aliphatic rings. The van der Waals surface area contributed by atoms with Gasteiger partial charge in [-0.1, -0.05) is 45.0 Å². The number of amides is 2. The molecule has 0 saturated heterocycles. The minimum atomic E-state index is -0.703. The molecule has 2 aromatic carbocycles. The second-order valence-electron chi connectivity index (χ2n) is 7.25. The van der Waals surface area contributed by atoms with Gasteiger partial charge in [0, 0.05) is 6.54 Å². The van der Waals surface area contributed by atoms with E-state index in [0.29, 0.717) is 23.5 Å². The van der Waals surface area contributed by atoms with Gasteiger partial charge in [0.25, 0.3) is 11.8 Å². The molecule has 2 N–H and O–H groups in total. The average molecular weight is 383 g/mol. The third-order valence-corrected chi connectivity index (χ3v) is 4.43. The van der Waals surface area contributed by atoms with Gasteiger partial charge in [0.05, 0.1) is 11.3 Å². The summed E-state index contributed by atoms with van der Waals surface area (Å²) < 4.78 is 5.97. The van der Waals surface area contributed by atoms with Crippen LogP contribution in [0.25, 0.3) is 0 Å². The Morgan fingerprint density at radius 2 is 1.79 bits per heavy atom. The molecule has 5 heteroatoms. The van der Waals surface area contributed by atoms with Gasteiger partial charge in [0.1, 0.15) is 5.75 Å². The lowest BCUT2D eigenvalue weighted by molar-refractivity contribution is -0.122. The van der Waals surface area contributed by atoms with Crippen molar-refractivity contribution in [2.75, 3.05) is 11.9 Å². The molecule has 1 unspecified atom stereocenters. The summed E-state index contributed by atoms with van der Waals surface area (Å²) in [4.78, 5) is 25.0. The molecule has 150 valence electrons. The van der Waals surface area contributed by atoms with Gasteiger partial charge in [-0.15, -0.1) is 0 Å². The van der Waals surface area contributed by atoms with Crippen molar-refractivity contribution in [3.05, 3.63) is 59.2 Å². The van der Waals surface area contributed by atoms with Crippen LogP contribution in [0.1, 0.15) is 61.5 Å². The molecule has 0 radical (unpaired) electrons. The number of hydrogen-bond acceptors (Lipinski definition) is 3. The Morgan fingerprint density at radius 1 is 1.07 bits per heavy atom. The van der Waals surface area contributed by atoms with Gasteiger partial charge >= 0.3 is 0 Å². The number of para-hydroxylation sites is 1. The fourth-order valence-corrected chi connectivity index (χ4v) is 2.82. The predicted molar refractivity (Wildman–Crippen MR) is 113 cm³/mol. The van der Waals surface area contributed by atoms with E-state index in [1.807, 2.05) is 32.0 Å². The maximum Gasteiger partial charge on any atom is 0.265 e. The largest absolute Gasteiger partial charge is 0.481 e. The van der Waals surface area contributed by atoms with Crippen molar-refractivity contribution >= 4 is 17.5 Å². The quantitative estimate of drug-likeness (QED) is 0.697. The van der Waals surface area contributed by atoms with Crippen molar-refractivity contribution in [1.29, 1.82) is 0 Å². The summed E-state index contributed by atoms with van der Waals surface area (Å²) in [5, 5.41) is 5.66. The van der Waals surface area contributed by atoms with Crippen LogP contribution in [0, 0.1) is 6.92 Å². The van der Waals surface area contributed by atoms with E-state index < -0.39 is 6.10 Å². The van der Waals surface area contributed by atoms with E-state index in [4.69, 9.17) is 4.74 Å². The number of rotatable bonds is 8. The fourth-order valence-electron chi connectivity index (χ4n) is 2.82. The molecule has 0 heterocycles. The average Bonchev–Trinajstić information content (AvgIpc) is 2.66. The third kappa shape index (κ3) is 5.59. The molecule has 28 heavy (non-hydrogen) atoms. The number of nitrogens with one attached hydrogen (secondary N) is 2. The van der Waals surface area contributed by atoms with Crippen LogP contribution in [-0.4, -0.2) is 24.5 Å². The van der Waals surface area contributed by atoms with Gasteiger partial charge in [-0.05, 0) is 55.5 Å². The van der Waals surface area contributed by atoms with Crippen LogP contribution in [-0.2, 0) is 4.79 Å². The number of benzene rings is 2. The summed E-state index contributed by atoms with van der Waals surface area (Å²) in [5.41, 5.74) is 3.05. The molecule has 0 saturated carbocycles. The molecule has 0 fully saturated rings. The fraction of sp³-hybridized carbons (Fsp3) is 0.391. The van der Waals surface area contributed by atoms with E-state index in [2.05, 4.69) is 24.5 Å². The minimum absolute atomic E-state index is 0.202. The Balaban J connectivity index is 2.14. The van der Waals surface area contributed by atoms with Crippen LogP contribution >= 0.6 is 0 Å². The normalized spacial score (nSPS) is 11.8. The molecule has 2 rings (SSSR count). The number of anilines is 1. The second-order valence-corrected chi connectivity index (χ2v) is 7.25. The molecular weight excluding hydrogens is 352 g/mol. The van der Waals surface area contributed by atoms with E-state index in [0.717, 1.165) is 17.5 Å². The summed E-state index contributed by atoms with van der Waals surface area (Å²) in [6, 6.07) is 13.0. The highest BCUT2D eigenvalue weighted by Gasteiger charge is 2.20. The standard InChI is InChI=1S/C23H30N2O3/c1-6-13-24-23(27)19-9-7-8-10-20(19)25-22(26)17(5)28-21-14-16(4)11-12-18(21)15(2)3/h7-12,14-15,17H,6,13H2,1-5H3,(H,24,27)(H,25,26). The smallest absolute Gasteiger partial charge is 0.265 e. The van der Waals surface area contributed by atoms with Crippen molar-refractivity contribution in [3.63, 3.8) is 0 Å². The van der Waals surface area contributed by atoms with E-state index >= 15 is 0 Å². The first-order valence-corrected chi connectivity index (χ1v) is 9.78. The Bertz CT molecular complexity index is 830. The maximum atomic E-state index is 12.7. The Kier molecular flexibility index (Phi) is 7.61. The number of hydrogen-bond donors (Lipinski definition) is 2. The van der Waals surface area contributed by atoms with Crippen molar-refractivity contribution in [1.82, 2.24) is 5.32 Å². The summed E-state index contributed by atoms with van der Waals surface area (Å²) >= 11 is 0. The number of ether oxygens (including phenoxy) is 1. The van der Waals surface area contributed by atoms with Crippen LogP contribution in [0.15, 0.2) is 42.5 Å². The van der Waals surface area contributed by atoms with Crippen molar-refractivity contribution < 1.29 is 14.3 Å². The van der Waals surface area contributed by atoms with Gasteiger partial charge in [-0.3, -0.25) is 9.59 Å². The van der Waals surface area contributed by atoms with Crippen LogP contribution < -0.4 is 15.4 Å². The first kappa shape index (κ1) is 21.5. The molecule has 0 spiro atoms. The van der Waals surface area contributed by atoms with Crippen LogP contribution in [0.2, 0.25) is 0 Å². The summed E-state index contributed by atoms with van der Waals surface area (Å²) in [7, 11) is 0. The SMILES string of the molecule is CCCNC(=O)c1ccccc1NC(=O)C(C)Oc1cc(C)ccc1C(C)C. The summed E-state index contributed by atoms with van der Waals surface area (Å²) in [6.07, 6.45) is 0.144. The minimum Gasteiger partial charge on any atom is -0.481 e. The first-order valence-electron chi connectivity index (χ1n) is 9.78. The lowest BCUT2D eigenvalue weighted by Crippen LogP contribution is -2.32. The molecule has 2 aromatic rings. The molecule has 0 bridgehead atoms. The highest BCUT2D eigenvalue weighted by atomic mass is 16.5. The highest BCUT2D eigenvalue weighted by Crippen LogP contribution is 2.28. The molecular formula is C23H30N2O3. The molecule has 0 aliphatic heterocycles. The Hall–Kier alpha value is -2.82. The van der Waals surface area contributed by atoms with Gasteiger partial charge < -0.3 is 15.4 Å². The van der Waals surface area contributed by atoms with Crippen LogP contribution in [0.3, 0.4) is 0 Å². The topological polar surface area (TPSA) is 67.4 Å². The summed E-state index contributed by atoms with van der Waals surface area (Å²) in [6.45, 7) is 10.5. The lowest BCUT2D eigenvalue weighted by atomic mass is 10.0. The maximum absolute atomic E-state index is 12.7. The summed E-state index contributed by atoms with van der Waals surface area (Å²) in [5.74, 6) is 0.500. The number of carbonyl (C=O) groups excluding carboxylic acids is 2. The first-order chi connectivity index (χ1) is 13.3. The van der Waals surface area contributed by atoms with E-state index in [-0.39, 0.29) is 17.7 Å². The molecule has 2 amide bonds. The van der Waals surface area contributed by atoms with Crippen LogP contribution in [0.5, 0.6) is 5.75 Å². The molecule has 0 aliphatic carbocycles. The Morgan fingerprint density at radius 3 is 2.46 bits per heavy atom. The van der Waals surface area contributed by atoms with E-state index in [1.165, 1.54) is 0 Å². The number of carbonyl (C=O) groups is 2. The zero-order valence-electron chi connectivity index (χ0n) is 17.3. The second kappa shape index (κ2) is 9.93. The molecule has 1 atom stereocenters. The van der Waals surface area contributed by atoms with Gasteiger partial charge in [-0.2, -0.15) is 0 Å². The van der Waals surface area contributed by atoms with Gasteiger partial charge in [0.2, 0.25) is 0 Å². The van der Waals surface area contributed by atoms with Gasteiger partial charge in [0.15, 0.2) is 6.10 Å². The van der Waals surface area contributed by atoms with Crippen molar-refractivity contribution in [3.8, 4) is 5.75 Å². The van der Waals surface area contributed by atoms with Crippen molar-refractivity contribution in [2.45, 2.75) is 53.1 Å². The van der Waals surface area contributed by atoms with Crippen molar-refractivity contribution in [2.24, 2.45) is 0 Å². The highest BCUT2D eigenvalue weighted by molar-refractivity contribution is 6.04. The Labute approximate surface area is 167 Å². The third-order valence-electron chi connectivity index (χ3n) is 4.43. The monoisotopic (exact) mass is 382 g/mol.